The van der Waals surface area contributed by atoms with Crippen molar-refractivity contribution in [2.45, 2.75) is 0 Å². The van der Waals surface area contributed by atoms with E-state index in [1.165, 1.54) is 0 Å². The van der Waals surface area contributed by atoms with E-state index in [1.54, 1.807) is 12.4 Å². The normalized spacial score (nSPS) is 19.6. The lowest BCUT2D eigenvalue weighted by Crippen LogP contribution is -2.41. The summed E-state index contributed by atoms with van der Waals surface area (Å²) in [6.07, 6.45) is 3.42. The molecule has 0 aliphatic carbocycles. The molecule has 1 aromatic heterocycles. The molecule has 0 aromatic carbocycles. The molecule has 0 spiro atoms. The molecule has 2 saturated heterocycles. The average Bonchev–Trinajstić information content (AvgIpc) is 2.63. The summed E-state index contributed by atoms with van der Waals surface area (Å²) in [4.78, 5) is 21.0. The Labute approximate surface area is 136 Å². The minimum absolute atomic E-state index is 0.0686. The van der Waals surface area contributed by atoms with Crippen LogP contribution in [0.25, 0.3) is 0 Å². The second-order valence-corrected chi connectivity index (χ2v) is 5.74. The van der Waals surface area contributed by atoms with Crippen LogP contribution in [0.5, 0.6) is 0 Å². The molecule has 0 atom stereocenters. The Kier molecular flexibility index (Phi) is 5.79. The molecule has 1 amide bonds. The Bertz CT molecular complexity index is 514. The highest BCUT2D eigenvalue weighted by molar-refractivity contribution is 5.94. The third-order valence-electron chi connectivity index (χ3n) is 4.18. The third-order valence-corrected chi connectivity index (χ3v) is 4.18. The quantitative estimate of drug-likeness (QED) is 0.822. The van der Waals surface area contributed by atoms with Crippen LogP contribution in [0.4, 0.5) is 5.69 Å². The van der Waals surface area contributed by atoms with Crippen LogP contribution in [0.1, 0.15) is 10.4 Å². The fraction of sp³-hybridized carbons (Fsp3) is 0.625. The summed E-state index contributed by atoms with van der Waals surface area (Å²) in [7, 11) is 0. The largest absolute Gasteiger partial charge is 0.379 e. The predicted molar refractivity (Wildman–Crippen MR) is 86.9 cm³/mol. The molecule has 0 unspecified atom stereocenters. The average molecular weight is 320 g/mol. The molecule has 23 heavy (non-hydrogen) atoms. The molecule has 0 radical (unpaired) electrons. The van der Waals surface area contributed by atoms with E-state index in [2.05, 4.69) is 20.1 Å². The van der Waals surface area contributed by atoms with Crippen LogP contribution in [-0.2, 0) is 9.47 Å². The van der Waals surface area contributed by atoms with Gasteiger partial charge in [-0.2, -0.15) is 0 Å². The van der Waals surface area contributed by atoms with Crippen LogP contribution in [-0.4, -0.2) is 81.5 Å². The van der Waals surface area contributed by atoms with Gasteiger partial charge in [-0.3, -0.25) is 14.7 Å². The van der Waals surface area contributed by atoms with Crippen molar-refractivity contribution in [3.05, 3.63) is 24.0 Å². The number of nitrogens with zero attached hydrogens (tertiary/aromatic N) is 3. The van der Waals surface area contributed by atoms with Crippen LogP contribution >= 0.6 is 0 Å². The van der Waals surface area contributed by atoms with Gasteiger partial charge in [0.25, 0.3) is 5.91 Å². The van der Waals surface area contributed by atoms with Gasteiger partial charge in [0.1, 0.15) is 0 Å². The number of carbonyl (C=O) groups is 1. The lowest BCUT2D eigenvalue weighted by atomic mass is 10.2. The molecule has 126 valence electrons. The highest BCUT2D eigenvalue weighted by Crippen LogP contribution is 2.15. The number of anilines is 1. The number of nitrogens with one attached hydrogen (secondary N) is 1. The molecule has 7 nitrogen and oxygen atoms in total. The third kappa shape index (κ3) is 4.63. The van der Waals surface area contributed by atoms with Crippen LogP contribution in [0.3, 0.4) is 0 Å². The lowest BCUT2D eigenvalue weighted by Gasteiger charge is -2.28. The molecule has 2 fully saturated rings. The Hall–Kier alpha value is -1.70. The SMILES string of the molecule is O=C(NCCN1CCOCC1)c1cncc(N2CCOCC2)c1. The first kappa shape index (κ1) is 16.2. The van der Waals surface area contributed by atoms with E-state index in [4.69, 9.17) is 9.47 Å². The second-order valence-electron chi connectivity index (χ2n) is 5.74. The number of amides is 1. The van der Waals surface area contributed by atoms with Crippen molar-refractivity contribution >= 4 is 11.6 Å². The summed E-state index contributed by atoms with van der Waals surface area (Å²) in [5, 5.41) is 2.97. The monoisotopic (exact) mass is 320 g/mol. The van der Waals surface area contributed by atoms with E-state index in [9.17, 15) is 4.79 Å². The fourth-order valence-electron chi connectivity index (χ4n) is 2.80. The van der Waals surface area contributed by atoms with Gasteiger partial charge in [0.05, 0.1) is 43.9 Å². The van der Waals surface area contributed by atoms with Gasteiger partial charge in [0.2, 0.25) is 0 Å². The van der Waals surface area contributed by atoms with Gasteiger partial charge < -0.3 is 19.7 Å². The topological polar surface area (TPSA) is 66.9 Å². The van der Waals surface area contributed by atoms with Gasteiger partial charge in [-0.25, -0.2) is 0 Å². The summed E-state index contributed by atoms with van der Waals surface area (Å²) in [6, 6.07) is 1.91. The smallest absolute Gasteiger partial charge is 0.252 e. The maximum Gasteiger partial charge on any atom is 0.252 e. The number of rotatable bonds is 5. The number of pyridine rings is 1. The maximum absolute atomic E-state index is 12.3. The summed E-state index contributed by atoms with van der Waals surface area (Å²) >= 11 is 0. The van der Waals surface area contributed by atoms with Gasteiger partial charge in [-0.15, -0.1) is 0 Å². The highest BCUT2D eigenvalue weighted by Gasteiger charge is 2.14. The van der Waals surface area contributed by atoms with Crippen molar-refractivity contribution < 1.29 is 14.3 Å². The Morgan fingerprint density at radius 3 is 2.52 bits per heavy atom. The predicted octanol–water partition coefficient (Wildman–Crippen LogP) is -0.0198. The molecule has 0 saturated carbocycles. The summed E-state index contributed by atoms with van der Waals surface area (Å²) in [6.45, 7) is 8.03. The maximum atomic E-state index is 12.3. The van der Waals surface area contributed by atoms with Gasteiger partial charge in [-0.05, 0) is 6.07 Å². The van der Waals surface area contributed by atoms with E-state index in [-0.39, 0.29) is 5.91 Å². The summed E-state index contributed by atoms with van der Waals surface area (Å²) < 4.78 is 10.7. The molecule has 1 aromatic rings. The molecule has 2 aliphatic rings. The Morgan fingerprint density at radius 2 is 1.78 bits per heavy atom. The van der Waals surface area contributed by atoms with E-state index in [0.29, 0.717) is 12.1 Å². The first-order valence-corrected chi connectivity index (χ1v) is 8.19. The standard InChI is InChI=1S/C16H24N4O3/c21-16(18-1-2-19-3-7-22-8-4-19)14-11-15(13-17-12-14)20-5-9-23-10-6-20/h11-13H,1-10H2,(H,18,21). The van der Waals surface area contributed by atoms with Crippen molar-refractivity contribution in [2.75, 3.05) is 70.6 Å². The number of carbonyl (C=O) groups excluding carboxylic acids is 1. The van der Waals surface area contributed by atoms with Crippen molar-refractivity contribution in [1.82, 2.24) is 15.2 Å². The molecular formula is C16H24N4O3. The van der Waals surface area contributed by atoms with Crippen LogP contribution in [0.15, 0.2) is 18.5 Å². The number of morpholine rings is 2. The van der Waals surface area contributed by atoms with Crippen molar-refractivity contribution in [3.63, 3.8) is 0 Å². The minimum Gasteiger partial charge on any atom is -0.379 e. The molecule has 3 heterocycles. The van der Waals surface area contributed by atoms with Crippen LogP contribution in [0.2, 0.25) is 0 Å². The number of aromatic nitrogens is 1. The van der Waals surface area contributed by atoms with Gasteiger partial charge >= 0.3 is 0 Å². The first-order chi connectivity index (χ1) is 11.3. The van der Waals surface area contributed by atoms with Gasteiger partial charge in [0.15, 0.2) is 0 Å². The number of hydrogen-bond donors (Lipinski definition) is 1. The zero-order chi connectivity index (χ0) is 15.9. The van der Waals surface area contributed by atoms with Crippen molar-refractivity contribution in [2.24, 2.45) is 0 Å². The van der Waals surface area contributed by atoms with Crippen LogP contribution in [0, 0.1) is 0 Å². The highest BCUT2D eigenvalue weighted by atomic mass is 16.5. The molecule has 0 bridgehead atoms. The molecule has 2 aliphatic heterocycles. The van der Waals surface area contributed by atoms with Crippen LogP contribution < -0.4 is 10.2 Å². The van der Waals surface area contributed by atoms with E-state index < -0.39 is 0 Å². The minimum atomic E-state index is -0.0686. The van der Waals surface area contributed by atoms with Crippen molar-refractivity contribution in [1.29, 1.82) is 0 Å². The first-order valence-electron chi connectivity index (χ1n) is 8.19. The van der Waals surface area contributed by atoms with E-state index >= 15 is 0 Å². The molecule has 3 rings (SSSR count). The van der Waals surface area contributed by atoms with E-state index in [0.717, 1.165) is 64.8 Å². The number of ether oxygens (including phenoxy) is 2. The zero-order valence-electron chi connectivity index (χ0n) is 13.4. The second kappa shape index (κ2) is 8.24. The molecule has 1 N–H and O–H groups in total. The fourth-order valence-corrected chi connectivity index (χ4v) is 2.80. The zero-order valence-corrected chi connectivity index (χ0v) is 13.4. The molecule has 7 heteroatoms. The Balaban J connectivity index is 1.50. The summed E-state index contributed by atoms with van der Waals surface area (Å²) in [5.74, 6) is -0.0686. The molecular weight excluding hydrogens is 296 g/mol. The van der Waals surface area contributed by atoms with Crippen molar-refractivity contribution in [3.8, 4) is 0 Å². The van der Waals surface area contributed by atoms with Gasteiger partial charge in [0, 0.05) is 45.5 Å². The summed E-state index contributed by atoms with van der Waals surface area (Å²) in [5.41, 5.74) is 1.59. The van der Waals surface area contributed by atoms with E-state index in [1.807, 2.05) is 6.07 Å². The van der Waals surface area contributed by atoms with Gasteiger partial charge in [-0.1, -0.05) is 0 Å². The lowest BCUT2D eigenvalue weighted by molar-refractivity contribution is 0.0383. The number of hydrogen-bond acceptors (Lipinski definition) is 6. The Morgan fingerprint density at radius 1 is 1.09 bits per heavy atom.